The first-order valence-corrected chi connectivity index (χ1v) is 14.2. The molecule has 6 atom stereocenters. The first kappa shape index (κ1) is 27.7. The lowest BCUT2D eigenvalue weighted by atomic mass is 9.51. The van der Waals surface area contributed by atoms with E-state index < -0.39 is 46.9 Å². The van der Waals surface area contributed by atoms with Gasteiger partial charge in [0.25, 0.3) is 0 Å². The molecule has 2 N–H and O–H groups in total. The number of phenolic OH excluding ortho intramolecular Hbond substituents is 1. The highest BCUT2D eigenvalue weighted by atomic mass is 16.5. The molecular weight excluding hydrogens is 540 g/mol. The molecule has 2 heterocycles. The number of likely N-dealkylation sites (tertiary alicyclic amines) is 1. The number of hydrogen-bond acceptors (Lipinski definition) is 7. The second-order valence-corrected chi connectivity index (χ2v) is 11.7. The lowest BCUT2D eigenvalue weighted by Crippen LogP contribution is -2.49. The summed E-state index contributed by atoms with van der Waals surface area (Å²) in [5, 5.41) is 20.3. The minimum Gasteiger partial charge on any atom is -0.508 e. The number of rotatable bonds is 7. The average Bonchev–Trinajstić information content (AvgIpc) is 3.33. The number of phenols is 1. The van der Waals surface area contributed by atoms with Gasteiger partial charge in [0.15, 0.2) is 0 Å². The fourth-order valence-electron chi connectivity index (χ4n) is 7.82. The van der Waals surface area contributed by atoms with E-state index in [1.54, 1.807) is 49.4 Å². The molecule has 218 valence electrons. The van der Waals surface area contributed by atoms with Crippen LogP contribution in [-0.2, 0) is 24.0 Å². The molecule has 2 aromatic carbocycles. The number of imide groups is 2. The third-order valence-electron chi connectivity index (χ3n) is 9.70. The number of ether oxygens (including phenoxy) is 1. The van der Waals surface area contributed by atoms with Gasteiger partial charge in [-0.3, -0.25) is 28.9 Å². The number of anilines is 1. The van der Waals surface area contributed by atoms with Gasteiger partial charge in [-0.25, -0.2) is 4.90 Å². The number of benzene rings is 2. The number of hydrogen-bond donors (Lipinski definition) is 2. The maximum absolute atomic E-state index is 14.4. The maximum atomic E-state index is 14.4. The van der Waals surface area contributed by atoms with Gasteiger partial charge in [-0.1, -0.05) is 35.9 Å². The first-order chi connectivity index (χ1) is 20.1. The number of aromatic hydroxyl groups is 1. The molecule has 4 amide bonds. The van der Waals surface area contributed by atoms with Crippen LogP contribution in [0.15, 0.2) is 60.2 Å². The lowest BCUT2D eigenvalue weighted by Gasteiger charge is -2.49. The van der Waals surface area contributed by atoms with Crippen molar-refractivity contribution in [3.8, 4) is 11.5 Å². The summed E-state index contributed by atoms with van der Waals surface area (Å²) in [4.78, 5) is 69.1. The summed E-state index contributed by atoms with van der Waals surface area (Å²) in [6.45, 7) is 1.76. The van der Waals surface area contributed by atoms with E-state index in [0.717, 1.165) is 10.5 Å². The zero-order valence-corrected chi connectivity index (χ0v) is 23.4. The van der Waals surface area contributed by atoms with Crippen molar-refractivity contribution >= 4 is 35.3 Å². The number of carbonyl (C=O) groups is 5. The summed E-state index contributed by atoms with van der Waals surface area (Å²) < 4.78 is 5.66. The monoisotopic (exact) mass is 572 g/mol. The van der Waals surface area contributed by atoms with Gasteiger partial charge >= 0.3 is 5.97 Å². The molecule has 1 saturated carbocycles. The number of allylic oxidation sites excluding steroid dienone is 2. The Kier molecular flexibility index (Phi) is 6.67. The molecule has 10 heteroatoms. The topological polar surface area (TPSA) is 142 Å². The van der Waals surface area contributed by atoms with Crippen LogP contribution in [0.2, 0.25) is 0 Å². The second kappa shape index (κ2) is 10.1. The van der Waals surface area contributed by atoms with Gasteiger partial charge in [-0.2, -0.15) is 0 Å². The molecule has 10 nitrogen and oxygen atoms in total. The SMILES string of the molecule is COc1cccc(O)c1C1C2=CCC3C(=O)N(CCCC(=O)O)C(=O)C3C2CC2C(=O)N(c3ccccc3)C(=O)C21C. The van der Waals surface area contributed by atoms with E-state index >= 15 is 0 Å². The highest BCUT2D eigenvalue weighted by molar-refractivity contribution is 6.24. The quantitative estimate of drug-likeness (QED) is 0.379. The normalized spacial score (nSPS) is 30.1. The van der Waals surface area contributed by atoms with E-state index in [1.165, 1.54) is 18.1 Å². The summed E-state index contributed by atoms with van der Waals surface area (Å²) in [6, 6.07) is 13.5. The summed E-state index contributed by atoms with van der Waals surface area (Å²) in [6.07, 6.45) is 2.33. The standard InChI is InChI=1S/C32H32N2O8/c1-32-21(29(39)34(31(32)41)17-8-4-3-5-9-17)16-20-18(27(32)26-22(35)10-6-11-23(26)42-2)13-14-19-25(20)30(40)33(28(19)38)15-7-12-24(36)37/h3-6,8-11,13,19-21,25,27,35H,7,12,14-16H2,1-2H3,(H,36,37). The van der Waals surface area contributed by atoms with E-state index in [0.29, 0.717) is 17.0 Å². The molecule has 0 spiro atoms. The molecule has 2 saturated heterocycles. The second-order valence-electron chi connectivity index (χ2n) is 11.7. The Balaban J connectivity index is 1.48. The summed E-state index contributed by atoms with van der Waals surface area (Å²) in [5.41, 5.74) is 0.242. The zero-order valence-electron chi connectivity index (χ0n) is 23.4. The highest BCUT2D eigenvalue weighted by Gasteiger charge is 2.68. The van der Waals surface area contributed by atoms with Crippen LogP contribution >= 0.6 is 0 Å². The molecule has 0 aromatic heterocycles. The van der Waals surface area contributed by atoms with Crippen molar-refractivity contribution in [1.29, 1.82) is 0 Å². The molecule has 2 aliphatic heterocycles. The predicted octanol–water partition coefficient (Wildman–Crippen LogP) is 3.50. The number of aliphatic carboxylic acids is 1. The molecule has 4 aliphatic rings. The maximum Gasteiger partial charge on any atom is 0.303 e. The molecule has 2 aromatic rings. The molecule has 42 heavy (non-hydrogen) atoms. The lowest BCUT2D eigenvalue weighted by molar-refractivity contribution is -0.142. The average molecular weight is 573 g/mol. The predicted molar refractivity (Wildman–Crippen MR) is 149 cm³/mol. The van der Waals surface area contributed by atoms with E-state index in [-0.39, 0.29) is 55.7 Å². The van der Waals surface area contributed by atoms with Crippen molar-refractivity contribution in [3.05, 3.63) is 65.7 Å². The van der Waals surface area contributed by atoms with Crippen molar-refractivity contribution in [2.45, 2.75) is 38.5 Å². The van der Waals surface area contributed by atoms with Gasteiger partial charge in [0.1, 0.15) is 11.5 Å². The Morgan fingerprint density at radius 3 is 2.43 bits per heavy atom. The van der Waals surface area contributed by atoms with Crippen LogP contribution in [0.5, 0.6) is 11.5 Å². The third-order valence-corrected chi connectivity index (χ3v) is 9.70. The third kappa shape index (κ3) is 3.88. The minimum absolute atomic E-state index is 0.0100. The van der Waals surface area contributed by atoms with Crippen molar-refractivity contribution in [1.82, 2.24) is 4.90 Å². The number of carbonyl (C=O) groups excluding carboxylic acids is 4. The number of carboxylic acid groups (broad SMARTS) is 1. The van der Waals surface area contributed by atoms with Gasteiger partial charge < -0.3 is 14.9 Å². The summed E-state index contributed by atoms with van der Waals surface area (Å²) in [7, 11) is 1.47. The number of amides is 4. The van der Waals surface area contributed by atoms with Crippen molar-refractivity contribution in [2.75, 3.05) is 18.6 Å². The minimum atomic E-state index is -1.30. The first-order valence-electron chi connectivity index (χ1n) is 14.2. The van der Waals surface area contributed by atoms with Crippen LogP contribution in [0.25, 0.3) is 0 Å². The van der Waals surface area contributed by atoms with Gasteiger partial charge in [-0.05, 0) is 56.4 Å². The molecular formula is C32H32N2O8. The van der Waals surface area contributed by atoms with Crippen molar-refractivity contribution < 1.29 is 38.9 Å². The molecule has 6 unspecified atom stereocenters. The van der Waals surface area contributed by atoms with Gasteiger partial charge in [-0.15, -0.1) is 0 Å². The van der Waals surface area contributed by atoms with Crippen LogP contribution in [0.1, 0.15) is 44.1 Å². The van der Waals surface area contributed by atoms with E-state index in [2.05, 4.69) is 0 Å². The molecule has 0 radical (unpaired) electrons. The van der Waals surface area contributed by atoms with Crippen molar-refractivity contribution in [2.24, 2.45) is 29.1 Å². The highest BCUT2D eigenvalue weighted by Crippen LogP contribution is 2.65. The molecule has 2 aliphatic carbocycles. The summed E-state index contributed by atoms with van der Waals surface area (Å²) in [5.74, 6) is -5.80. The van der Waals surface area contributed by atoms with E-state index in [9.17, 15) is 29.1 Å². The van der Waals surface area contributed by atoms with Crippen LogP contribution in [0.4, 0.5) is 5.69 Å². The molecule has 0 bridgehead atoms. The Morgan fingerprint density at radius 2 is 1.74 bits per heavy atom. The van der Waals surface area contributed by atoms with E-state index in [1.807, 2.05) is 6.08 Å². The Labute approximate surface area is 242 Å². The number of fused-ring (bicyclic) bond motifs is 4. The Bertz CT molecular complexity index is 1530. The number of methoxy groups -OCH3 is 1. The van der Waals surface area contributed by atoms with Gasteiger partial charge in [0.05, 0.1) is 36.0 Å². The van der Waals surface area contributed by atoms with Crippen LogP contribution in [-0.4, -0.2) is 58.4 Å². The Morgan fingerprint density at radius 1 is 1.00 bits per heavy atom. The molecule has 3 fully saturated rings. The summed E-state index contributed by atoms with van der Waals surface area (Å²) >= 11 is 0. The number of para-hydroxylation sites is 1. The van der Waals surface area contributed by atoms with Crippen molar-refractivity contribution in [3.63, 3.8) is 0 Å². The van der Waals surface area contributed by atoms with Gasteiger partial charge in [0, 0.05) is 24.4 Å². The number of carboxylic acids is 1. The molecule has 6 rings (SSSR count). The van der Waals surface area contributed by atoms with E-state index in [4.69, 9.17) is 9.84 Å². The smallest absolute Gasteiger partial charge is 0.303 e. The van der Waals surface area contributed by atoms with Gasteiger partial charge in [0.2, 0.25) is 23.6 Å². The zero-order chi connectivity index (χ0) is 29.9. The largest absolute Gasteiger partial charge is 0.508 e. The van der Waals surface area contributed by atoms with Crippen LogP contribution in [0.3, 0.4) is 0 Å². The fourth-order valence-corrected chi connectivity index (χ4v) is 7.82. The number of nitrogens with zero attached hydrogens (tertiary/aromatic N) is 2. The van der Waals surface area contributed by atoms with Crippen LogP contribution < -0.4 is 9.64 Å². The van der Waals surface area contributed by atoms with Crippen LogP contribution in [0, 0.1) is 29.1 Å². The fraction of sp³-hybridized carbons (Fsp3) is 0.406. The Hall–Kier alpha value is -4.47.